The smallest absolute Gasteiger partial charge is 0.434 e. The van der Waals surface area contributed by atoms with Gasteiger partial charge < -0.3 is 15.4 Å². The van der Waals surface area contributed by atoms with Crippen molar-refractivity contribution >= 4 is 34.8 Å². The highest BCUT2D eigenvalue weighted by Crippen LogP contribution is 2.34. The van der Waals surface area contributed by atoms with Crippen LogP contribution in [0.5, 0.6) is 5.75 Å². The zero-order chi connectivity index (χ0) is 23.5. The average molecular weight is 467 g/mol. The van der Waals surface area contributed by atoms with Crippen LogP contribution in [-0.2, 0) is 11.0 Å². The van der Waals surface area contributed by atoms with Crippen LogP contribution in [0.4, 0.5) is 24.5 Å². The lowest BCUT2D eigenvalue weighted by Gasteiger charge is -2.14. The Bertz CT molecular complexity index is 1140. The van der Waals surface area contributed by atoms with Crippen LogP contribution in [0, 0.1) is 0 Å². The van der Waals surface area contributed by atoms with E-state index in [9.17, 15) is 22.8 Å². The molecule has 3 rings (SSSR count). The van der Waals surface area contributed by atoms with Crippen molar-refractivity contribution in [2.75, 3.05) is 17.7 Å². The van der Waals surface area contributed by atoms with Gasteiger partial charge in [-0.15, -0.1) is 0 Å². The quantitative estimate of drug-likeness (QED) is 0.526. The van der Waals surface area contributed by atoms with Crippen LogP contribution >= 0.6 is 11.6 Å². The van der Waals surface area contributed by atoms with E-state index in [-0.39, 0.29) is 28.7 Å². The van der Waals surface area contributed by atoms with E-state index in [2.05, 4.69) is 15.7 Å². The molecule has 0 atom stereocenters. The molecular formula is C21H18ClF3N4O3. The third kappa shape index (κ3) is 5.20. The second-order valence-electron chi connectivity index (χ2n) is 6.60. The maximum atomic E-state index is 13.8. The highest BCUT2D eigenvalue weighted by atomic mass is 35.5. The third-order valence-corrected chi connectivity index (χ3v) is 4.58. The van der Waals surface area contributed by atoms with Crippen LogP contribution in [0.3, 0.4) is 0 Å². The Kier molecular flexibility index (Phi) is 6.73. The van der Waals surface area contributed by atoms with Crippen LogP contribution < -0.4 is 15.4 Å². The van der Waals surface area contributed by atoms with Gasteiger partial charge in [0.15, 0.2) is 5.69 Å². The summed E-state index contributed by atoms with van der Waals surface area (Å²) in [6, 6.07) is 9.93. The molecule has 1 heterocycles. The van der Waals surface area contributed by atoms with Crippen LogP contribution in [0.15, 0.2) is 48.7 Å². The predicted octanol–water partition coefficient (Wildman–Crippen LogP) is 5.15. The molecule has 0 spiro atoms. The molecule has 2 N–H and O–H groups in total. The number of carbonyl (C=O) groups is 2. The van der Waals surface area contributed by atoms with Crippen molar-refractivity contribution in [3.8, 4) is 11.4 Å². The van der Waals surface area contributed by atoms with Gasteiger partial charge in [0.05, 0.1) is 24.6 Å². The molecule has 3 aromatic rings. The number of aromatic nitrogens is 2. The molecular weight excluding hydrogens is 449 g/mol. The van der Waals surface area contributed by atoms with Gasteiger partial charge in [-0.3, -0.25) is 9.59 Å². The number of carbonyl (C=O) groups excluding carboxylic acids is 2. The Morgan fingerprint density at radius 2 is 1.72 bits per heavy atom. The summed E-state index contributed by atoms with van der Waals surface area (Å²) in [6.45, 7) is 1.65. The lowest BCUT2D eigenvalue weighted by molar-refractivity contribution is -0.143. The summed E-state index contributed by atoms with van der Waals surface area (Å²) < 4.78 is 47.2. The fourth-order valence-electron chi connectivity index (χ4n) is 2.89. The topological polar surface area (TPSA) is 85.3 Å². The van der Waals surface area contributed by atoms with E-state index in [0.29, 0.717) is 16.1 Å². The number of hydrogen-bond acceptors (Lipinski definition) is 4. The molecule has 168 valence electrons. The maximum Gasteiger partial charge on any atom is 0.434 e. The highest BCUT2D eigenvalue weighted by Gasteiger charge is 2.40. The van der Waals surface area contributed by atoms with Gasteiger partial charge in [-0.05, 0) is 42.5 Å². The molecule has 0 fully saturated rings. The highest BCUT2D eigenvalue weighted by molar-refractivity contribution is 6.31. The SMILES string of the molecule is CCC(=O)Nc1cc(Cl)cc(NC(=O)c2cnn(-c3ccc(OC)cc3)c2C(F)(F)F)c1. The van der Waals surface area contributed by atoms with Crippen molar-refractivity contribution in [2.45, 2.75) is 19.5 Å². The number of benzene rings is 2. The Labute approximate surface area is 186 Å². The van der Waals surface area contributed by atoms with Crippen molar-refractivity contribution in [1.29, 1.82) is 0 Å². The number of alkyl halides is 3. The molecule has 0 saturated carbocycles. The third-order valence-electron chi connectivity index (χ3n) is 4.36. The van der Waals surface area contributed by atoms with Gasteiger partial charge >= 0.3 is 6.18 Å². The fourth-order valence-corrected chi connectivity index (χ4v) is 3.12. The van der Waals surface area contributed by atoms with E-state index in [1.165, 1.54) is 49.6 Å². The largest absolute Gasteiger partial charge is 0.497 e. The lowest BCUT2D eigenvalue weighted by Crippen LogP contribution is -2.21. The Hall–Kier alpha value is -3.53. The van der Waals surface area contributed by atoms with Gasteiger partial charge in [0, 0.05) is 22.8 Å². The number of nitrogens with one attached hydrogen (secondary N) is 2. The number of methoxy groups -OCH3 is 1. The van der Waals surface area contributed by atoms with Crippen molar-refractivity contribution in [1.82, 2.24) is 9.78 Å². The van der Waals surface area contributed by atoms with Crippen molar-refractivity contribution in [3.63, 3.8) is 0 Å². The Morgan fingerprint density at radius 1 is 1.09 bits per heavy atom. The first-order chi connectivity index (χ1) is 15.1. The molecule has 7 nitrogen and oxygen atoms in total. The van der Waals surface area contributed by atoms with E-state index in [1.54, 1.807) is 6.92 Å². The minimum absolute atomic E-state index is 0.101. The maximum absolute atomic E-state index is 13.8. The van der Waals surface area contributed by atoms with Gasteiger partial charge in [-0.1, -0.05) is 18.5 Å². The molecule has 0 aliphatic rings. The molecule has 11 heteroatoms. The zero-order valence-electron chi connectivity index (χ0n) is 17.0. The molecule has 2 aromatic carbocycles. The normalized spacial score (nSPS) is 11.2. The number of amides is 2. The fraction of sp³-hybridized carbons (Fsp3) is 0.190. The molecule has 2 amide bonds. The number of hydrogen-bond donors (Lipinski definition) is 2. The first-order valence-electron chi connectivity index (χ1n) is 9.33. The number of ether oxygens (including phenoxy) is 1. The molecule has 1 aromatic heterocycles. The standard InChI is InChI=1S/C21H18ClF3N4O3/c1-3-18(30)27-13-8-12(22)9-14(10-13)28-20(31)17-11-26-29(19(17)21(23,24)25)15-4-6-16(32-2)7-5-15/h4-11H,3H2,1-2H3,(H,27,30)(H,28,31). The summed E-state index contributed by atoms with van der Waals surface area (Å²) in [5.74, 6) is -0.865. The minimum Gasteiger partial charge on any atom is -0.497 e. The Morgan fingerprint density at radius 3 is 2.28 bits per heavy atom. The van der Waals surface area contributed by atoms with Crippen molar-refractivity contribution in [3.05, 3.63) is 64.9 Å². The van der Waals surface area contributed by atoms with Gasteiger partial charge in [-0.2, -0.15) is 18.3 Å². The van der Waals surface area contributed by atoms with Crippen molar-refractivity contribution < 1.29 is 27.5 Å². The van der Waals surface area contributed by atoms with Gasteiger partial charge in [0.2, 0.25) is 5.91 Å². The molecule has 0 aliphatic carbocycles. The molecule has 0 unspecified atom stereocenters. The summed E-state index contributed by atoms with van der Waals surface area (Å²) in [4.78, 5) is 24.3. The summed E-state index contributed by atoms with van der Waals surface area (Å²) in [6.07, 6.45) is -3.81. The Balaban J connectivity index is 1.95. The first kappa shape index (κ1) is 23.1. The summed E-state index contributed by atoms with van der Waals surface area (Å²) in [7, 11) is 1.43. The van der Waals surface area contributed by atoms with Crippen LogP contribution in [-0.4, -0.2) is 28.7 Å². The first-order valence-corrected chi connectivity index (χ1v) is 9.71. The molecule has 32 heavy (non-hydrogen) atoms. The summed E-state index contributed by atoms with van der Waals surface area (Å²) >= 11 is 6.01. The zero-order valence-corrected chi connectivity index (χ0v) is 17.7. The van der Waals surface area contributed by atoms with Crippen LogP contribution in [0.2, 0.25) is 5.02 Å². The number of anilines is 2. The van der Waals surface area contributed by atoms with Gasteiger partial charge in [0.25, 0.3) is 5.91 Å². The average Bonchev–Trinajstić information content (AvgIpc) is 3.19. The van der Waals surface area contributed by atoms with Crippen LogP contribution in [0.25, 0.3) is 5.69 Å². The molecule has 0 radical (unpaired) electrons. The van der Waals surface area contributed by atoms with E-state index < -0.39 is 23.3 Å². The summed E-state index contributed by atoms with van der Waals surface area (Å²) in [5, 5.41) is 8.90. The van der Waals surface area contributed by atoms with Crippen LogP contribution in [0.1, 0.15) is 29.4 Å². The monoisotopic (exact) mass is 466 g/mol. The second kappa shape index (κ2) is 9.31. The van der Waals surface area contributed by atoms with E-state index >= 15 is 0 Å². The summed E-state index contributed by atoms with van der Waals surface area (Å²) in [5.41, 5.74) is -1.40. The van der Waals surface area contributed by atoms with E-state index in [0.717, 1.165) is 6.20 Å². The van der Waals surface area contributed by atoms with E-state index in [4.69, 9.17) is 16.3 Å². The van der Waals surface area contributed by atoms with Crippen molar-refractivity contribution in [2.24, 2.45) is 0 Å². The number of rotatable bonds is 6. The lowest BCUT2D eigenvalue weighted by atomic mass is 10.2. The van der Waals surface area contributed by atoms with Gasteiger partial charge in [-0.25, -0.2) is 4.68 Å². The van der Waals surface area contributed by atoms with Gasteiger partial charge in [0.1, 0.15) is 5.75 Å². The molecule has 0 bridgehead atoms. The number of halogens is 4. The molecule has 0 saturated heterocycles. The predicted molar refractivity (Wildman–Crippen MR) is 113 cm³/mol. The molecule has 0 aliphatic heterocycles. The number of nitrogens with zero attached hydrogens (tertiary/aromatic N) is 2. The van der Waals surface area contributed by atoms with E-state index in [1.807, 2.05) is 0 Å². The minimum atomic E-state index is -4.86. The second-order valence-corrected chi connectivity index (χ2v) is 7.04.